The van der Waals surface area contributed by atoms with Gasteiger partial charge in [-0.3, -0.25) is 0 Å². The van der Waals surface area contributed by atoms with Gasteiger partial charge >= 0.3 is 12.1 Å². The summed E-state index contributed by atoms with van der Waals surface area (Å²) >= 11 is 5.95. The van der Waals surface area contributed by atoms with Crippen LogP contribution in [0.4, 0.5) is 13.2 Å². The van der Waals surface area contributed by atoms with Crippen LogP contribution in [-0.2, 0) is 11.0 Å². The van der Waals surface area contributed by atoms with Crippen LogP contribution in [0.25, 0.3) is 11.8 Å². The number of alkyl halides is 3. The minimum absolute atomic E-state index is 0.203. The van der Waals surface area contributed by atoms with E-state index in [1.807, 2.05) is 0 Å². The van der Waals surface area contributed by atoms with E-state index in [2.05, 4.69) is 5.10 Å². The Labute approximate surface area is 122 Å². The fourth-order valence-corrected chi connectivity index (χ4v) is 1.88. The van der Waals surface area contributed by atoms with E-state index in [1.165, 1.54) is 24.3 Å². The highest BCUT2D eigenvalue weighted by Gasteiger charge is 2.32. The summed E-state index contributed by atoms with van der Waals surface area (Å²) < 4.78 is 38.7. The van der Waals surface area contributed by atoms with Crippen LogP contribution in [0, 0.1) is 0 Å². The number of benzene rings is 1. The van der Waals surface area contributed by atoms with Gasteiger partial charge in [-0.1, -0.05) is 17.7 Å². The molecular formula is C13H8ClF3N2O2. The zero-order valence-corrected chi connectivity index (χ0v) is 11.1. The number of aliphatic carboxylic acids is 1. The quantitative estimate of drug-likeness (QED) is 0.880. The summed E-state index contributed by atoms with van der Waals surface area (Å²) in [7, 11) is 0. The van der Waals surface area contributed by atoms with Gasteiger partial charge in [-0.25, -0.2) is 9.48 Å². The third-order valence-electron chi connectivity index (χ3n) is 2.58. The predicted molar refractivity (Wildman–Crippen MR) is 70.2 cm³/mol. The van der Waals surface area contributed by atoms with Crippen LogP contribution in [-0.4, -0.2) is 20.9 Å². The molecule has 0 spiro atoms. The summed E-state index contributed by atoms with van der Waals surface area (Å²) in [5.41, 5.74) is -0.399. The van der Waals surface area contributed by atoms with Crippen LogP contribution in [0.5, 0.6) is 0 Å². The lowest BCUT2D eigenvalue weighted by Crippen LogP contribution is -2.03. The highest BCUT2D eigenvalue weighted by Crippen LogP contribution is 2.30. The van der Waals surface area contributed by atoms with Gasteiger partial charge in [0.25, 0.3) is 0 Å². The highest BCUT2D eigenvalue weighted by molar-refractivity contribution is 6.32. The average molecular weight is 317 g/mol. The molecule has 0 fully saturated rings. The molecule has 1 N–H and O–H groups in total. The number of nitrogens with zero attached hydrogens (tertiary/aromatic N) is 2. The molecule has 0 radical (unpaired) electrons. The second kappa shape index (κ2) is 5.61. The van der Waals surface area contributed by atoms with Crippen molar-refractivity contribution >= 4 is 23.6 Å². The van der Waals surface area contributed by atoms with Crippen molar-refractivity contribution in [3.05, 3.63) is 52.8 Å². The van der Waals surface area contributed by atoms with Crippen molar-refractivity contribution in [3.63, 3.8) is 0 Å². The molecular weight excluding hydrogens is 309 g/mol. The minimum Gasteiger partial charge on any atom is -0.478 e. The maximum Gasteiger partial charge on any atom is 0.419 e. The molecule has 2 aromatic rings. The Hall–Kier alpha value is -2.28. The molecule has 1 aromatic carbocycles. The van der Waals surface area contributed by atoms with Gasteiger partial charge in [-0.2, -0.15) is 18.3 Å². The first-order valence-corrected chi connectivity index (χ1v) is 5.98. The molecule has 0 unspecified atom stereocenters. The molecule has 0 atom stereocenters. The number of carboxylic acid groups (broad SMARTS) is 1. The van der Waals surface area contributed by atoms with E-state index in [1.54, 1.807) is 0 Å². The van der Waals surface area contributed by atoms with Crippen molar-refractivity contribution in [1.82, 2.24) is 9.78 Å². The summed E-state index contributed by atoms with van der Waals surface area (Å²) in [5.74, 6) is -1.20. The zero-order valence-electron chi connectivity index (χ0n) is 10.3. The molecule has 4 nitrogen and oxygen atoms in total. The summed E-state index contributed by atoms with van der Waals surface area (Å²) in [6.07, 6.45) is -0.961. The Kier molecular flexibility index (Phi) is 4.04. The lowest BCUT2D eigenvalue weighted by atomic mass is 10.1. The summed E-state index contributed by atoms with van der Waals surface area (Å²) in [6.45, 7) is 0. The van der Waals surface area contributed by atoms with E-state index in [4.69, 9.17) is 16.7 Å². The smallest absolute Gasteiger partial charge is 0.419 e. The molecule has 2 rings (SSSR count). The van der Waals surface area contributed by atoms with Gasteiger partial charge in [0.1, 0.15) is 0 Å². The molecule has 0 aliphatic rings. The van der Waals surface area contributed by atoms with Crippen molar-refractivity contribution in [3.8, 4) is 5.69 Å². The number of carboxylic acids is 1. The zero-order chi connectivity index (χ0) is 15.6. The van der Waals surface area contributed by atoms with Crippen LogP contribution in [0.3, 0.4) is 0 Å². The molecule has 0 aliphatic heterocycles. The van der Waals surface area contributed by atoms with Crippen molar-refractivity contribution in [1.29, 1.82) is 0 Å². The second-order valence-corrected chi connectivity index (χ2v) is 4.42. The van der Waals surface area contributed by atoms with Crippen LogP contribution in [0.15, 0.2) is 36.7 Å². The van der Waals surface area contributed by atoms with Gasteiger partial charge in [0, 0.05) is 22.9 Å². The molecule has 1 aromatic heterocycles. The SMILES string of the molecule is O=C(O)C=Cc1c(Cl)cccc1-n1cc(C(F)(F)F)cn1. The first-order valence-electron chi connectivity index (χ1n) is 5.61. The standard InChI is InChI=1S/C13H8ClF3N2O2/c14-10-2-1-3-11(9(10)4-5-12(20)21)19-7-8(6-18-19)13(15,16)17/h1-7H,(H,20,21). The average Bonchev–Trinajstić information content (AvgIpc) is 2.86. The van der Waals surface area contributed by atoms with E-state index in [-0.39, 0.29) is 16.3 Å². The van der Waals surface area contributed by atoms with Crippen LogP contribution < -0.4 is 0 Å². The molecule has 0 saturated carbocycles. The van der Waals surface area contributed by atoms with Gasteiger partial charge < -0.3 is 5.11 Å². The van der Waals surface area contributed by atoms with E-state index >= 15 is 0 Å². The van der Waals surface area contributed by atoms with Crippen molar-refractivity contribution in [2.45, 2.75) is 6.18 Å². The van der Waals surface area contributed by atoms with Gasteiger partial charge in [0.15, 0.2) is 0 Å². The Morgan fingerprint density at radius 3 is 2.67 bits per heavy atom. The molecule has 21 heavy (non-hydrogen) atoms. The third-order valence-corrected chi connectivity index (χ3v) is 2.91. The molecule has 0 amide bonds. The van der Waals surface area contributed by atoms with Crippen molar-refractivity contribution < 1.29 is 23.1 Å². The Morgan fingerprint density at radius 1 is 1.38 bits per heavy atom. The normalized spacial score (nSPS) is 12.0. The van der Waals surface area contributed by atoms with Crippen molar-refractivity contribution in [2.75, 3.05) is 0 Å². The number of hydrogen-bond donors (Lipinski definition) is 1. The monoisotopic (exact) mass is 316 g/mol. The lowest BCUT2D eigenvalue weighted by molar-refractivity contribution is -0.137. The fraction of sp³-hybridized carbons (Fsp3) is 0.0769. The Morgan fingerprint density at radius 2 is 2.10 bits per heavy atom. The summed E-state index contributed by atoms with van der Waals surface area (Å²) in [5, 5.41) is 12.5. The third kappa shape index (κ3) is 3.43. The second-order valence-electron chi connectivity index (χ2n) is 4.02. The summed E-state index contributed by atoms with van der Waals surface area (Å²) in [4.78, 5) is 10.6. The molecule has 110 valence electrons. The minimum atomic E-state index is -4.51. The number of rotatable bonds is 3. The number of halogens is 4. The Balaban J connectivity index is 2.51. The fourth-order valence-electron chi connectivity index (χ4n) is 1.65. The largest absolute Gasteiger partial charge is 0.478 e. The number of carbonyl (C=O) groups is 1. The van der Waals surface area contributed by atoms with E-state index in [0.717, 1.165) is 17.0 Å². The van der Waals surface area contributed by atoms with E-state index in [0.29, 0.717) is 6.20 Å². The molecule has 0 bridgehead atoms. The maximum absolute atomic E-state index is 12.6. The Bertz CT molecular complexity index is 708. The van der Waals surface area contributed by atoms with Crippen LogP contribution in [0.1, 0.15) is 11.1 Å². The van der Waals surface area contributed by atoms with E-state index < -0.39 is 17.7 Å². The molecule has 8 heteroatoms. The predicted octanol–water partition coefficient (Wildman–Crippen LogP) is 3.64. The van der Waals surface area contributed by atoms with Gasteiger partial charge in [-0.05, 0) is 18.2 Å². The summed E-state index contributed by atoms with van der Waals surface area (Å²) in [6, 6.07) is 4.52. The first-order chi connectivity index (χ1) is 9.79. The van der Waals surface area contributed by atoms with Gasteiger partial charge in [0.05, 0.1) is 17.4 Å². The lowest BCUT2D eigenvalue weighted by Gasteiger charge is -2.08. The number of aromatic nitrogens is 2. The van der Waals surface area contributed by atoms with Crippen LogP contribution in [0.2, 0.25) is 5.02 Å². The van der Waals surface area contributed by atoms with Gasteiger partial charge in [-0.15, -0.1) is 0 Å². The van der Waals surface area contributed by atoms with E-state index in [9.17, 15) is 18.0 Å². The molecule has 0 saturated heterocycles. The first kappa shape index (κ1) is 15.1. The molecule has 1 heterocycles. The van der Waals surface area contributed by atoms with Gasteiger partial charge in [0.2, 0.25) is 0 Å². The van der Waals surface area contributed by atoms with Crippen molar-refractivity contribution in [2.24, 2.45) is 0 Å². The molecule has 0 aliphatic carbocycles. The number of hydrogen-bond acceptors (Lipinski definition) is 2. The topological polar surface area (TPSA) is 55.1 Å². The highest BCUT2D eigenvalue weighted by atomic mass is 35.5. The maximum atomic E-state index is 12.6. The van der Waals surface area contributed by atoms with Crippen LogP contribution >= 0.6 is 11.6 Å².